The highest BCUT2D eigenvalue weighted by molar-refractivity contribution is 9.10. The summed E-state index contributed by atoms with van der Waals surface area (Å²) in [6.07, 6.45) is 0.827. The molecule has 76 valence electrons. The first kappa shape index (κ1) is 13.1. The van der Waals surface area contributed by atoms with Crippen LogP contribution in [0.1, 0.15) is 23.7 Å². The number of carbonyl (C=O) groups excluding carboxylic acids is 1. The van der Waals surface area contributed by atoms with Crippen LogP contribution in [0.2, 0.25) is 0 Å². The average Bonchev–Trinajstić information content (AvgIpc) is 2.31. The van der Waals surface area contributed by atoms with E-state index in [9.17, 15) is 4.79 Å². The Bertz CT molecular complexity index is 269. The summed E-state index contributed by atoms with van der Waals surface area (Å²) in [5.74, 6) is 0.165. The van der Waals surface area contributed by atoms with Crippen molar-refractivity contribution >= 4 is 21.7 Å². The lowest BCUT2D eigenvalue weighted by Crippen LogP contribution is -2.12. The van der Waals surface area contributed by atoms with E-state index in [4.69, 9.17) is 0 Å². The minimum atomic E-state index is -0.0418. The summed E-state index contributed by atoms with van der Waals surface area (Å²) in [6.45, 7) is 7.99. The van der Waals surface area contributed by atoms with Crippen LogP contribution in [0.5, 0.6) is 0 Å². The van der Waals surface area contributed by atoms with Crippen LogP contribution in [0.25, 0.3) is 0 Å². The predicted molar refractivity (Wildman–Crippen MR) is 65.0 cm³/mol. The summed E-state index contributed by atoms with van der Waals surface area (Å²) in [5.41, 5.74) is 0.779. The van der Waals surface area contributed by atoms with E-state index in [-0.39, 0.29) is 10.6 Å². The van der Waals surface area contributed by atoms with Crippen molar-refractivity contribution < 1.29 is 4.79 Å². The highest BCUT2D eigenvalue weighted by atomic mass is 79.9. The normalized spacial score (nSPS) is 11.0. The number of benzene rings is 1. The Morgan fingerprint density at radius 1 is 1.36 bits per heavy atom. The van der Waals surface area contributed by atoms with Gasteiger partial charge in [-0.15, -0.1) is 13.2 Å². The molecule has 0 bridgehead atoms. The van der Waals surface area contributed by atoms with Gasteiger partial charge in [-0.1, -0.05) is 53.2 Å². The summed E-state index contributed by atoms with van der Waals surface area (Å²) < 4.78 is 0. The second-order valence-electron chi connectivity index (χ2n) is 2.61. The smallest absolute Gasteiger partial charge is 0.176 e. The van der Waals surface area contributed by atoms with Gasteiger partial charge in [0.15, 0.2) is 5.78 Å². The summed E-state index contributed by atoms with van der Waals surface area (Å²) >= 11 is 3.33. The zero-order valence-electron chi connectivity index (χ0n) is 8.37. The molecule has 0 fully saturated rings. The molecule has 1 aromatic rings. The highest BCUT2D eigenvalue weighted by Gasteiger charge is 2.13. The summed E-state index contributed by atoms with van der Waals surface area (Å²) in [5, 5.41) is 0. The SMILES string of the molecule is C=C.CCC(Br)C(=O)c1ccccc1. The second-order valence-corrected chi connectivity index (χ2v) is 3.71. The lowest BCUT2D eigenvalue weighted by molar-refractivity contribution is 0.0990. The molecule has 0 amide bonds. The van der Waals surface area contributed by atoms with E-state index in [1.807, 2.05) is 37.3 Å². The van der Waals surface area contributed by atoms with Gasteiger partial charge in [-0.2, -0.15) is 0 Å². The first-order valence-electron chi connectivity index (χ1n) is 4.49. The first-order valence-corrected chi connectivity index (χ1v) is 5.40. The Morgan fingerprint density at radius 3 is 2.29 bits per heavy atom. The molecule has 1 atom stereocenters. The van der Waals surface area contributed by atoms with Crippen LogP contribution in [-0.2, 0) is 0 Å². The summed E-state index contributed by atoms with van der Waals surface area (Å²) in [4.78, 5) is 11.5. The van der Waals surface area contributed by atoms with Crippen molar-refractivity contribution in [3.63, 3.8) is 0 Å². The van der Waals surface area contributed by atoms with Crippen molar-refractivity contribution in [3.8, 4) is 0 Å². The Balaban J connectivity index is 0.000000791. The van der Waals surface area contributed by atoms with Crippen LogP contribution in [0.15, 0.2) is 43.5 Å². The number of carbonyl (C=O) groups is 1. The lowest BCUT2D eigenvalue weighted by Gasteiger charge is -2.04. The number of hydrogen-bond acceptors (Lipinski definition) is 1. The van der Waals surface area contributed by atoms with Gasteiger partial charge in [0.05, 0.1) is 4.83 Å². The molecule has 0 heterocycles. The molecule has 1 unspecified atom stereocenters. The van der Waals surface area contributed by atoms with E-state index in [1.54, 1.807) is 0 Å². The topological polar surface area (TPSA) is 17.1 Å². The molecule has 0 N–H and O–H groups in total. The van der Waals surface area contributed by atoms with Crippen LogP contribution in [-0.4, -0.2) is 10.6 Å². The van der Waals surface area contributed by atoms with E-state index in [0.717, 1.165) is 12.0 Å². The molecule has 1 nitrogen and oxygen atoms in total. The second kappa shape index (κ2) is 7.51. The third-order valence-electron chi connectivity index (χ3n) is 1.70. The van der Waals surface area contributed by atoms with Crippen LogP contribution < -0.4 is 0 Å². The summed E-state index contributed by atoms with van der Waals surface area (Å²) in [7, 11) is 0. The number of halogens is 1. The zero-order chi connectivity index (χ0) is 11.0. The van der Waals surface area contributed by atoms with Gasteiger partial charge in [-0.05, 0) is 6.42 Å². The van der Waals surface area contributed by atoms with Crippen molar-refractivity contribution in [3.05, 3.63) is 49.1 Å². The average molecular weight is 255 g/mol. The molecule has 0 saturated heterocycles. The van der Waals surface area contributed by atoms with Gasteiger partial charge < -0.3 is 0 Å². The van der Waals surface area contributed by atoms with E-state index in [1.165, 1.54) is 0 Å². The van der Waals surface area contributed by atoms with Gasteiger partial charge in [-0.3, -0.25) is 4.79 Å². The number of Topliss-reactive ketones (excluding diaryl/α,β-unsaturated/α-hetero) is 1. The predicted octanol–water partition coefficient (Wildman–Crippen LogP) is 3.85. The third kappa shape index (κ3) is 3.88. The largest absolute Gasteiger partial charge is 0.293 e. The Morgan fingerprint density at radius 2 is 1.86 bits per heavy atom. The maximum absolute atomic E-state index is 11.5. The van der Waals surface area contributed by atoms with Gasteiger partial charge in [0.25, 0.3) is 0 Å². The van der Waals surface area contributed by atoms with E-state index < -0.39 is 0 Å². The Hall–Kier alpha value is -0.890. The number of rotatable bonds is 3. The maximum Gasteiger partial charge on any atom is 0.176 e. The fourth-order valence-corrected chi connectivity index (χ4v) is 1.23. The van der Waals surface area contributed by atoms with E-state index in [0.29, 0.717) is 0 Å². The molecule has 1 rings (SSSR count). The number of ketones is 1. The molecular weight excluding hydrogens is 240 g/mol. The molecule has 2 heteroatoms. The fraction of sp³-hybridized carbons (Fsp3) is 0.250. The Labute approximate surface area is 94.0 Å². The van der Waals surface area contributed by atoms with Crippen LogP contribution >= 0.6 is 15.9 Å². The minimum absolute atomic E-state index is 0.0418. The first-order chi connectivity index (χ1) is 6.75. The maximum atomic E-state index is 11.5. The molecule has 0 radical (unpaired) electrons. The van der Waals surface area contributed by atoms with Gasteiger partial charge in [0.1, 0.15) is 0 Å². The lowest BCUT2D eigenvalue weighted by atomic mass is 10.1. The fourth-order valence-electron chi connectivity index (χ4n) is 0.969. The Kier molecular flexibility index (Phi) is 7.03. The molecule has 0 aliphatic heterocycles. The van der Waals surface area contributed by atoms with Crippen molar-refractivity contribution in [1.82, 2.24) is 0 Å². The van der Waals surface area contributed by atoms with E-state index in [2.05, 4.69) is 29.1 Å². The molecule has 1 aromatic carbocycles. The molecular formula is C12H15BrO. The molecule has 0 spiro atoms. The van der Waals surface area contributed by atoms with Crippen molar-refractivity contribution in [2.45, 2.75) is 18.2 Å². The number of hydrogen-bond donors (Lipinski definition) is 0. The quantitative estimate of drug-likeness (QED) is 0.455. The molecule has 0 aliphatic carbocycles. The summed E-state index contributed by atoms with van der Waals surface area (Å²) in [6, 6.07) is 9.34. The van der Waals surface area contributed by atoms with Crippen LogP contribution in [0.3, 0.4) is 0 Å². The van der Waals surface area contributed by atoms with Crippen molar-refractivity contribution in [2.75, 3.05) is 0 Å². The van der Waals surface area contributed by atoms with Crippen molar-refractivity contribution in [2.24, 2.45) is 0 Å². The zero-order valence-corrected chi connectivity index (χ0v) is 9.96. The van der Waals surface area contributed by atoms with Gasteiger partial charge in [-0.25, -0.2) is 0 Å². The van der Waals surface area contributed by atoms with Crippen LogP contribution in [0, 0.1) is 0 Å². The highest BCUT2D eigenvalue weighted by Crippen LogP contribution is 2.12. The van der Waals surface area contributed by atoms with Crippen molar-refractivity contribution in [1.29, 1.82) is 0 Å². The third-order valence-corrected chi connectivity index (χ3v) is 2.76. The molecule has 14 heavy (non-hydrogen) atoms. The monoisotopic (exact) mass is 254 g/mol. The molecule has 0 aromatic heterocycles. The number of alkyl halides is 1. The van der Waals surface area contributed by atoms with E-state index >= 15 is 0 Å². The molecule has 0 saturated carbocycles. The van der Waals surface area contributed by atoms with Crippen LogP contribution in [0.4, 0.5) is 0 Å². The van der Waals surface area contributed by atoms with Gasteiger partial charge in [0, 0.05) is 5.56 Å². The van der Waals surface area contributed by atoms with Gasteiger partial charge in [0.2, 0.25) is 0 Å². The standard InChI is InChI=1S/C10H11BrO.C2H4/c1-2-9(11)10(12)8-6-4-3-5-7-8;1-2/h3-7,9H,2H2,1H3;1-2H2. The molecule has 0 aliphatic rings. The van der Waals surface area contributed by atoms with Gasteiger partial charge >= 0.3 is 0 Å². The minimum Gasteiger partial charge on any atom is -0.293 e.